The maximum absolute atomic E-state index is 11.6. The molecule has 0 unspecified atom stereocenters. The number of rotatable bonds is 2. The van der Waals surface area contributed by atoms with E-state index in [9.17, 15) is 9.59 Å². The maximum Gasteiger partial charge on any atom is 0.356 e. The van der Waals surface area contributed by atoms with Gasteiger partial charge in [-0.25, -0.2) is 14.6 Å². The minimum atomic E-state index is -1.30. The van der Waals surface area contributed by atoms with Gasteiger partial charge in [0.05, 0.1) is 0 Å². The molecule has 0 aliphatic carbocycles. The SMILES string of the molecule is CC(C)(C)OC(=O)c1sc(N)nc1C(=O)O. The number of anilines is 1. The quantitative estimate of drug-likeness (QED) is 0.762. The van der Waals surface area contributed by atoms with Gasteiger partial charge in [0.2, 0.25) is 0 Å². The molecule has 3 N–H and O–H groups in total. The van der Waals surface area contributed by atoms with E-state index < -0.39 is 17.5 Å². The lowest BCUT2D eigenvalue weighted by Crippen LogP contribution is -2.24. The molecule has 16 heavy (non-hydrogen) atoms. The molecule has 6 nitrogen and oxygen atoms in total. The fourth-order valence-corrected chi connectivity index (χ4v) is 1.65. The van der Waals surface area contributed by atoms with Crippen LogP contribution in [0.5, 0.6) is 0 Å². The van der Waals surface area contributed by atoms with Crippen LogP contribution < -0.4 is 5.73 Å². The van der Waals surface area contributed by atoms with Crippen molar-refractivity contribution in [2.24, 2.45) is 0 Å². The molecule has 0 aromatic carbocycles. The Bertz CT molecular complexity index is 433. The van der Waals surface area contributed by atoms with Crippen LogP contribution in [-0.2, 0) is 4.74 Å². The molecule has 0 saturated carbocycles. The van der Waals surface area contributed by atoms with Gasteiger partial charge in [-0.15, -0.1) is 0 Å². The average molecular weight is 244 g/mol. The highest BCUT2D eigenvalue weighted by Crippen LogP contribution is 2.23. The number of carbonyl (C=O) groups excluding carboxylic acids is 1. The molecule has 0 fully saturated rings. The Kier molecular flexibility index (Phi) is 3.18. The van der Waals surface area contributed by atoms with Crippen LogP contribution in [0.1, 0.15) is 40.9 Å². The second-order valence-corrected chi connectivity index (χ2v) is 5.07. The van der Waals surface area contributed by atoms with E-state index >= 15 is 0 Å². The fraction of sp³-hybridized carbons (Fsp3) is 0.444. The molecule has 0 amide bonds. The summed E-state index contributed by atoms with van der Waals surface area (Å²) in [6.07, 6.45) is 0. The molecule has 7 heteroatoms. The van der Waals surface area contributed by atoms with Crippen molar-refractivity contribution in [1.29, 1.82) is 0 Å². The number of carboxylic acids is 1. The van der Waals surface area contributed by atoms with Crippen molar-refractivity contribution in [2.45, 2.75) is 26.4 Å². The first-order valence-corrected chi connectivity index (χ1v) is 5.25. The van der Waals surface area contributed by atoms with Crippen LogP contribution in [0.3, 0.4) is 0 Å². The molecular formula is C9H12N2O4S. The van der Waals surface area contributed by atoms with Gasteiger partial charge in [0.25, 0.3) is 0 Å². The van der Waals surface area contributed by atoms with Crippen molar-refractivity contribution in [3.63, 3.8) is 0 Å². The summed E-state index contributed by atoms with van der Waals surface area (Å²) in [6, 6.07) is 0. The lowest BCUT2D eigenvalue weighted by molar-refractivity contribution is 0.00713. The van der Waals surface area contributed by atoms with Crippen LogP contribution in [0.2, 0.25) is 0 Å². The van der Waals surface area contributed by atoms with Crippen LogP contribution >= 0.6 is 11.3 Å². The Labute approximate surface area is 96.1 Å². The first kappa shape index (κ1) is 12.4. The van der Waals surface area contributed by atoms with E-state index in [2.05, 4.69) is 4.98 Å². The van der Waals surface area contributed by atoms with Gasteiger partial charge in [0.1, 0.15) is 10.5 Å². The first-order chi connectivity index (χ1) is 7.20. The standard InChI is InChI=1S/C9H12N2O4S/c1-9(2,3)15-7(14)5-4(6(12)13)11-8(10)16-5/h1-3H3,(H2,10,11)(H,12,13). The molecule has 1 heterocycles. The van der Waals surface area contributed by atoms with Crippen molar-refractivity contribution < 1.29 is 19.4 Å². The number of carboxylic acid groups (broad SMARTS) is 1. The van der Waals surface area contributed by atoms with Gasteiger partial charge in [0, 0.05) is 0 Å². The monoisotopic (exact) mass is 244 g/mol. The molecule has 1 aromatic rings. The topological polar surface area (TPSA) is 103 Å². The van der Waals surface area contributed by atoms with E-state index in [0.29, 0.717) is 0 Å². The highest BCUT2D eigenvalue weighted by Gasteiger charge is 2.26. The summed E-state index contributed by atoms with van der Waals surface area (Å²) >= 11 is 0.803. The number of nitrogens with two attached hydrogens (primary N) is 1. The highest BCUT2D eigenvalue weighted by molar-refractivity contribution is 7.17. The van der Waals surface area contributed by atoms with Gasteiger partial charge < -0.3 is 15.6 Å². The Morgan fingerprint density at radius 2 is 2.00 bits per heavy atom. The van der Waals surface area contributed by atoms with Crippen molar-refractivity contribution in [1.82, 2.24) is 4.98 Å². The number of nitrogen functional groups attached to an aromatic ring is 1. The number of hydrogen-bond acceptors (Lipinski definition) is 6. The smallest absolute Gasteiger partial charge is 0.356 e. The first-order valence-electron chi connectivity index (χ1n) is 4.43. The minimum Gasteiger partial charge on any atom is -0.476 e. The second kappa shape index (κ2) is 4.09. The zero-order valence-electron chi connectivity index (χ0n) is 9.10. The van der Waals surface area contributed by atoms with Gasteiger partial charge in [-0.05, 0) is 20.8 Å². The van der Waals surface area contributed by atoms with Gasteiger partial charge >= 0.3 is 11.9 Å². The Morgan fingerprint density at radius 3 is 2.44 bits per heavy atom. The largest absolute Gasteiger partial charge is 0.476 e. The third kappa shape index (κ3) is 2.93. The molecule has 0 spiro atoms. The van der Waals surface area contributed by atoms with Crippen molar-refractivity contribution >= 4 is 28.4 Å². The van der Waals surface area contributed by atoms with E-state index in [-0.39, 0.29) is 15.7 Å². The van der Waals surface area contributed by atoms with E-state index in [4.69, 9.17) is 15.6 Å². The zero-order chi connectivity index (χ0) is 12.5. The molecule has 0 atom stereocenters. The van der Waals surface area contributed by atoms with E-state index in [0.717, 1.165) is 11.3 Å². The third-order valence-corrected chi connectivity index (χ3v) is 2.30. The van der Waals surface area contributed by atoms with Gasteiger partial charge in [-0.3, -0.25) is 0 Å². The minimum absolute atomic E-state index is 0.0262. The fourth-order valence-electron chi connectivity index (χ4n) is 0.944. The Balaban J connectivity index is 3.04. The van der Waals surface area contributed by atoms with Crippen molar-refractivity contribution in [2.75, 3.05) is 5.73 Å². The molecular weight excluding hydrogens is 232 g/mol. The third-order valence-electron chi connectivity index (χ3n) is 1.43. The summed E-state index contributed by atoms with van der Waals surface area (Å²) in [7, 11) is 0. The summed E-state index contributed by atoms with van der Waals surface area (Å²) < 4.78 is 5.04. The van der Waals surface area contributed by atoms with Crippen LogP contribution in [0.4, 0.5) is 5.13 Å². The molecule has 0 saturated heterocycles. The molecule has 1 aromatic heterocycles. The summed E-state index contributed by atoms with van der Waals surface area (Å²) in [5, 5.41) is 8.83. The predicted molar refractivity (Wildman–Crippen MR) is 58.7 cm³/mol. The van der Waals surface area contributed by atoms with Gasteiger partial charge in [-0.1, -0.05) is 11.3 Å². The van der Waals surface area contributed by atoms with Crippen LogP contribution in [-0.4, -0.2) is 27.6 Å². The number of thiazole rings is 1. The number of esters is 1. The van der Waals surface area contributed by atoms with E-state index in [1.807, 2.05) is 0 Å². The van der Waals surface area contributed by atoms with Crippen LogP contribution in [0, 0.1) is 0 Å². The second-order valence-electron chi connectivity index (χ2n) is 4.04. The Hall–Kier alpha value is -1.63. The molecule has 0 aliphatic heterocycles. The van der Waals surface area contributed by atoms with Gasteiger partial charge in [-0.2, -0.15) is 0 Å². The van der Waals surface area contributed by atoms with Crippen LogP contribution in [0.25, 0.3) is 0 Å². The number of ether oxygens (including phenoxy) is 1. The van der Waals surface area contributed by atoms with Crippen molar-refractivity contribution in [3.05, 3.63) is 10.6 Å². The molecule has 88 valence electrons. The lowest BCUT2D eigenvalue weighted by Gasteiger charge is -2.18. The Morgan fingerprint density at radius 1 is 1.44 bits per heavy atom. The molecule has 0 aliphatic rings. The summed E-state index contributed by atoms with van der Waals surface area (Å²) in [4.78, 5) is 25.9. The number of hydrogen-bond donors (Lipinski definition) is 2. The molecule has 0 bridgehead atoms. The van der Waals surface area contributed by atoms with Crippen LogP contribution in [0.15, 0.2) is 0 Å². The normalized spacial score (nSPS) is 11.2. The van der Waals surface area contributed by atoms with E-state index in [1.54, 1.807) is 20.8 Å². The number of aromatic carboxylic acids is 1. The summed E-state index contributed by atoms with van der Waals surface area (Å²) in [5.41, 5.74) is 4.30. The van der Waals surface area contributed by atoms with Gasteiger partial charge in [0.15, 0.2) is 10.8 Å². The summed E-state index contributed by atoms with van der Waals surface area (Å²) in [5.74, 6) is -2.02. The lowest BCUT2D eigenvalue weighted by atomic mass is 10.2. The number of carbonyl (C=O) groups is 2. The van der Waals surface area contributed by atoms with E-state index in [1.165, 1.54) is 0 Å². The van der Waals surface area contributed by atoms with Crippen molar-refractivity contribution in [3.8, 4) is 0 Å². The zero-order valence-corrected chi connectivity index (χ0v) is 9.92. The average Bonchev–Trinajstić information content (AvgIpc) is 2.44. The highest BCUT2D eigenvalue weighted by atomic mass is 32.1. The maximum atomic E-state index is 11.6. The molecule has 1 rings (SSSR count). The summed E-state index contributed by atoms with van der Waals surface area (Å²) in [6.45, 7) is 5.07. The number of nitrogens with zero attached hydrogens (tertiary/aromatic N) is 1. The molecule has 0 radical (unpaired) electrons. The number of aromatic nitrogens is 1. The predicted octanol–water partition coefficient (Wildman–Crippen LogP) is 1.38.